The number of para-hydroxylation sites is 1. The molecule has 0 fully saturated rings. The first-order chi connectivity index (χ1) is 15.0. The van der Waals surface area contributed by atoms with E-state index in [4.69, 9.17) is 9.47 Å². The summed E-state index contributed by atoms with van der Waals surface area (Å²) in [5.41, 5.74) is 4.27. The second kappa shape index (κ2) is 7.19. The monoisotopic (exact) mass is 417 g/mol. The van der Waals surface area contributed by atoms with Gasteiger partial charge in [0, 0.05) is 12.1 Å². The first kappa shape index (κ1) is 19.2. The Morgan fingerprint density at radius 1 is 1.06 bits per heavy atom. The molecule has 0 saturated heterocycles. The van der Waals surface area contributed by atoms with Gasteiger partial charge in [0.2, 0.25) is 0 Å². The van der Waals surface area contributed by atoms with E-state index in [1.165, 1.54) is 5.56 Å². The number of aryl methyl sites for hydroxylation is 2. The van der Waals surface area contributed by atoms with Crippen LogP contribution in [0.4, 0.5) is 0 Å². The molecule has 2 aromatic heterocycles. The van der Waals surface area contributed by atoms with Crippen molar-refractivity contribution < 1.29 is 14.7 Å². The van der Waals surface area contributed by atoms with Gasteiger partial charge in [-0.15, -0.1) is 0 Å². The Balaban J connectivity index is 1.71. The van der Waals surface area contributed by atoms with Crippen molar-refractivity contribution in [3.05, 3.63) is 64.1 Å². The summed E-state index contributed by atoms with van der Waals surface area (Å²) in [6, 6.07) is 13.4. The van der Waals surface area contributed by atoms with Crippen LogP contribution in [-0.4, -0.2) is 33.7 Å². The van der Waals surface area contributed by atoms with Crippen LogP contribution in [0.5, 0.6) is 11.5 Å². The van der Waals surface area contributed by atoms with Crippen molar-refractivity contribution in [1.29, 1.82) is 0 Å². The van der Waals surface area contributed by atoms with Crippen LogP contribution in [0.15, 0.2) is 47.3 Å². The third-order valence-electron chi connectivity index (χ3n) is 6.00. The summed E-state index contributed by atoms with van der Waals surface area (Å²) >= 11 is 0. The van der Waals surface area contributed by atoms with E-state index in [9.17, 15) is 10.0 Å². The third-order valence-corrected chi connectivity index (χ3v) is 6.00. The summed E-state index contributed by atoms with van der Waals surface area (Å²) in [5, 5.41) is 11.8. The molecule has 3 heterocycles. The van der Waals surface area contributed by atoms with Gasteiger partial charge >= 0.3 is 0 Å². The molecule has 2 aromatic carbocycles. The number of hydrogen-bond acceptors (Lipinski definition) is 5. The number of imidazole rings is 1. The van der Waals surface area contributed by atoms with Crippen molar-refractivity contribution in [2.24, 2.45) is 0 Å². The number of hydrogen-bond donors (Lipinski definition) is 1. The second-order valence-corrected chi connectivity index (χ2v) is 7.72. The summed E-state index contributed by atoms with van der Waals surface area (Å²) in [6.07, 6.45) is 1.88. The number of rotatable bonds is 4. The van der Waals surface area contributed by atoms with Gasteiger partial charge < -0.3 is 19.2 Å². The zero-order chi connectivity index (χ0) is 21.7. The zero-order valence-corrected chi connectivity index (χ0v) is 17.7. The van der Waals surface area contributed by atoms with E-state index >= 15 is 0 Å². The summed E-state index contributed by atoms with van der Waals surface area (Å²) < 4.78 is 13.5. The predicted octanol–water partition coefficient (Wildman–Crippen LogP) is 4.04. The number of benzene rings is 2. The van der Waals surface area contributed by atoms with Gasteiger partial charge in [-0.05, 0) is 55.0 Å². The van der Waals surface area contributed by atoms with Crippen molar-refractivity contribution in [3.8, 4) is 34.1 Å². The van der Waals surface area contributed by atoms with Gasteiger partial charge in [-0.1, -0.05) is 18.2 Å². The third kappa shape index (κ3) is 2.88. The average Bonchev–Trinajstić information content (AvgIpc) is 3.10. The number of ether oxygens (including phenoxy) is 2. The van der Waals surface area contributed by atoms with Crippen LogP contribution in [0.25, 0.3) is 33.5 Å². The average molecular weight is 417 g/mol. The minimum absolute atomic E-state index is 0.140. The molecule has 0 radical (unpaired) electrons. The fourth-order valence-corrected chi connectivity index (χ4v) is 4.45. The predicted molar refractivity (Wildman–Crippen MR) is 118 cm³/mol. The summed E-state index contributed by atoms with van der Waals surface area (Å²) in [6.45, 7) is 2.43. The van der Waals surface area contributed by atoms with Crippen molar-refractivity contribution in [1.82, 2.24) is 14.3 Å². The highest BCUT2D eigenvalue weighted by Crippen LogP contribution is 2.35. The van der Waals surface area contributed by atoms with Crippen molar-refractivity contribution in [2.75, 3.05) is 14.2 Å². The smallest absolute Gasteiger partial charge is 0.262 e. The molecule has 0 saturated carbocycles. The van der Waals surface area contributed by atoms with Gasteiger partial charge in [-0.3, -0.25) is 4.79 Å². The summed E-state index contributed by atoms with van der Waals surface area (Å²) in [4.78, 5) is 18.0. The van der Waals surface area contributed by atoms with Gasteiger partial charge in [0.15, 0.2) is 17.3 Å². The molecule has 7 heteroatoms. The molecule has 0 amide bonds. The summed E-state index contributed by atoms with van der Waals surface area (Å²) in [7, 11) is 3.15. The van der Waals surface area contributed by atoms with Gasteiger partial charge in [-0.25, -0.2) is 4.98 Å². The molecule has 0 aliphatic carbocycles. The van der Waals surface area contributed by atoms with Gasteiger partial charge in [0.05, 0.1) is 36.7 Å². The normalized spacial score (nSPS) is 12.9. The largest absolute Gasteiger partial charge is 0.493 e. The van der Waals surface area contributed by atoms with E-state index in [1.807, 2.05) is 28.8 Å². The Morgan fingerprint density at radius 3 is 2.65 bits per heavy atom. The lowest BCUT2D eigenvalue weighted by Crippen LogP contribution is -2.26. The quantitative estimate of drug-likeness (QED) is 0.507. The molecule has 0 unspecified atom stereocenters. The van der Waals surface area contributed by atoms with Gasteiger partial charge in [-0.2, -0.15) is 4.73 Å². The maximum Gasteiger partial charge on any atom is 0.262 e. The van der Waals surface area contributed by atoms with Crippen molar-refractivity contribution in [3.63, 3.8) is 0 Å². The number of aromatic nitrogens is 3. The Kier molecular flexibility index (Phi) is 4.46. The van der Waals surface area contributed by atoms with Crippen LogP contribution in [0.2, 0.25) is 0 Å². The topological polar surface area (TPSA) is 78.5 Å². The number of methoxy groups -OCH3 is 2. The Labute approximate surface area is 179 Å². The Morgan fingerprint density at radius 2 is 1.87 bits per heavy atom. The minimum Gasteiger partial charge on any atom is -0.493 e. The van der Waals surface area contributed by atoms with E-state index in [0.717, 1.165) is 34.0 Å². The lowest BCUT2D eigenvalue weighted by atomic mass is 10.00. The molecular weight excluding hydrogens is 394 g/mol. The van der Waals surface area contributed by atoms with Crippen LogP contribution >= 0.6 is 0 Å². The maximum absolute atomic E-state index is 13.4. The molecule has 31 heavy (non-hydrogen) atoms. The van der Waals surface area contributed by atoms with E-state index < -0.39 is 0 Å². The molecular formula is C24H23N3O4. The van der Waals surface area contributed by atoms with Crippen molar-refractivity contribution in [2.45, 2.75) is 26.3 Å². The van der Waals surface area contributed by atoms with Crippen LogP contribution in [0.1, 0.15) is 17.7 Å². The van der Waals surface area contributed by atoms with Crippen LogP contribution in [0.3, 0.4) is 0 Å². The SMILES string of the molecule is COc1ccc(-c2nc(-c3cc4cccc5c4n(c3=O)CCC5)n(O)c2C)cc1OC. The van der Waals surface area contributed by atoms with Gasteiger partial charge in [0.25, 0.3) is 5.56 Å². The minimum atomic E-state index is -0.140. The van der Waals surface area contributed by atoms with Gasteiger partial charge in [0.1, 0.15) is 0 Å². The molecule has 1 aliphatic rings. The first-order valence-corrected chi connectivity index (χ1v) is 10.2. The highest BCUT2D eigenvalue weighted by atomic mass is 16.5. The van der Waals surface area contributed by atoms with E-state index in [0.29, 0.717) is 35.0 Å². The maximum atomic E-state index is 13.4. The van der Waals surface area contributed by atoms with E-state index in [-0.39, 0.29) is 11.4 Å². The Bertz CT molecular complexity index is 1380. The molecule has 0 bridgehead atoms. The zero-order valence-electron chi connectivity index (χ0n) is 17.7. The Hall–Kier alpha value is -3.74. The van der Waals surface area contributed by atoms with Crippen LogP contribution in [0, 0.1) is 6.92 Å². The highest BCUT2D eigenvalue weighted by molar-refractivity contribution is 5.86. The highest BCUT2D eigenvalue weighted by Gasteiger charge is 2.23. The molecule has 0 spiro atoms. The van der Waals surface area contributed by atoms with Crippen LogP contribution < -0.4 is 15.0 Å². The van der Waals surface area contributed by atoms with E-state index in [2.05, 4.69) is 11.1 Å². The fourth-order valence-electron chi connectivity index (χ4n) is 4.45. The molecule has 0 atom stereocenters. The number of pyridine rings is 1. The molecule has 4 aromatic rings. The lowest BCUT2D eigenvalue weighted by molar-refractivity contribution is 0.184. The molecule has 158 valence electrons. The van der Waals surface area contributed by atoms with Crippen molar-refractivity contribution >= 4 is 10.9 Å². The number of nitrogens with zero attached hydrogens (tertiary/aromatic N) is 3. The molecule has 7 nitrogen and oxygen atoms in total. The lowest BCUT2D eigenvalue weighted by Gasteiger charge is -2.20. The molecule has 1 N–H and O–H groups in total. The van der Waals surface area contributed by atoms with E-state index in [1.54, 1.807) is 33.3 Å². The molecule has 1 aliphatic heterocycles. The first-order valence-electron chi connectivity index (χ1n) is 10.2. The summed E-state index contributed by atoms with van der Waals surface area (Å²) in [5.74, 6) is 1.40. The van der Waals surface area contributed by atoms with Crippen LogP contribution in [-0.2, 0) is 13.0 Å². The molecule has 5 rings (SSSR count). The second-order valence-electron chi connectivity index (χ2n) is 7.72. The fraction of sp³-hybridized carbons (Fsp3) is 0.250. The standard InChI is InChI=1S/C24H23N3O4/c1-14-21(16-9-10-19(30-2)20(13-16)31-3)25-23(27(14)29)18-12-17-7-4-6-15-8-5-11-26(22(15)17)24(18)28/h4,6-7,9-10,12-13,29H,5,8,11H2,1-3H3.